The van der Waals surface area contributed by atoms with Gasteiger partial charge >= 0.3 is 0 Å². The summed E-state index contributed by atoms with van der Waals surface area (Å²) in [6.07, 6.45) is 12.4. The van der Waals surface area contributed by atoms with Gasteiger partial charge in [0.2, 0.25) is 0 Å². The number of rotatable bonds is 8. The first-order chi connectivity index (χ1) is 33.1. The van der Waals surface area contributed by atoms with E-state index in [-0.39, 0.29) is 11.1 Å². The highest BCUT2D eigenvalue weighted by atomic mass is 35.5. The number of hydrogen-bond acceptors (Lipinski definition) is 6. The molecular formula is C56H44Cl3N7O3. The van der Waals surface area contributed by atoms with Gasteiger partial charge in [-0.25, -0.2) is 9.97 Å². The average molecular weight is 969 g/mol. The van der Waals surface area contributed by atoms with Gasteiger partial charge in [0.15, 0.2) is 5.60 Å². The fourth-order valence-electron chi connectivity index (χ4n) is 9.07. The largest absolute Gasteiger partial charge is 0.374 e. The molecule has 6 aromatic carbocycles. The number of aryl methyl sites for hydroxylation is 4. The highest BCUT2D eigenvalue weighted by molar-refractivity contribution is 6.31. The van der Waals surface area contributed by atoms with Crippen LogP contribution in [0.3, 0.4) is 0 Å². The number of hydrogen-bond donors (Lipinski definition) is 2. The van der Waals surface area contributed by atoms with E-state index < -0.39 is 11.1 Å². The number of terminal acetylenes is 1. The first kappa shape index (κ1) is 46.6. The Morgan fingerprint density at radius 2 is 1.03 bits per heavy atom. The van der Waals surface area contributed by atoms with Crippen molar-refractivity contribution in [3.63, 3.8) is 0 Å². The standard InChI is InChI=1S/C29H22ClN3O2.C27H22Cl2N4O/c1-4-19-6-5-7-20(14-19)24-16-28(34)33(3)26-13-10-22(15-25(24)26)29(35,27-17-31-18-32(27)2)21-8-11-23(30)12-9-21;1-32-16-31-15-25(32)27(30,18-6-9-20(28)10-7-18)19-8-11-24-23(13-19)22(14-26(34)33(24)2)17-4-3-5-21(29)12-17/h1,5-18,35H,2-3H3;3-16H,30H2,1-2H3/t29-;27-/m11/s1. The normalized spacial score (nSPS) is 13.0. The molecule has 2 atom stereocenters. The molecule has 4 heterocycles. The van der Waals surface area contributed by atoms with Crippen molar-refractivity contribution >= 4 is 56.6 Å². The van der Waals surface area contributed by atoms with Gasteiger partial charge in [-0.05, 0) is 117 Å². The number of aromatic nitrogens is 6. The van der Waals surface area contributed by atoms with Crippen LogP contribution in [-0.4, -0.2) is 33.3 Å². The summed E-state index contributed by atoms with van der Waals surface area (Å²) in [6, 6.07) is 44.5. The third-order valence-corrected chi connectivity index (χ3v) is 13.6. The van der Waals surface area contributed by atoms with E-state index in [0.29, 0.717) is 31.9 Å². The van der Waals surface area contributed by atoms with Crippen LogP contribution in [0.5, 0.6) is 0 Å². The molecular weight excluding hydrogens is 925 g/mol. The molecule has 10 aromatic rings. The molecule has 69 heavy (non-hydrogen) atoms. The van der Waals surface area contributed by atoms with Crippen LogP contribution in [0.2, 0.25) is 15.1 Å². The van der Waals surface area contributed by atoms with E-state index in [1.165, 1.54) is 0 Å². The predicted octanol–water partition coefficient (Wildman–Crippen LogP) is 10.4. The number of nitrogens with zero attached hydrogens (tertiary/aromatic N) is 6. The summed E-state index contributed by atoms with van der Waals surface area (Å²) in [5, 5.41) is 15.8. The van der Waals surface area contributed by atoms with Gasteiger partial charge in [-0.2, -0.15) is 0 Å². The van der Waals surface area contributed by atoms with E-state index in [4.69, 9.17) is 47.0 Å². The molecule has 3 N–H and O–H groups in total. The Morgan fingerprint density at radius 1 is 0.551 bits per heavy atom. The number of pyridine rings is 2. The second-order valence-corrected chi connectivity index (χ2v) is 18.2. The monoisotopic (exact) mass is 967 g/mol. The number of fused-ring (bicyclic) bond motifs is 2. The Balaban J connectivity index is 0.000000172. The summed E-state index contributed by atoms with van der Waals surface area (Å²) in [6.45, 7) is 0. The van der Waals surface area contributed by atoms with Crippen molar-refractivity contribution in [2.24, 2.45) is 33.9 Å². The number of halogens is 3. The minimum atomic E-state index is -1.52. The lowest BCUT2D eigenvalue weighted by Crippen LogP contribution is -2.41. The van der Waals surface area contributed by atoms with E-state index in [1.807, 2.05) is 128 Å². The Morgan fingerprint density at radius 3 is 1.55 bits per heavy atom. The number of nitrogens with two attached hydrogens (primary N) is 1. The van der Waals surface area contributed by atoms with E-state index >= 15 is 0 Å². The van der Waals surface area contributed by atoms with Gasteiger partial charge in [0.25, 0.3) is 11.1 Å². The molecule has 342 valence electrons. The fourth-order valence-corrected chi connectivity index (χ4v) is 9.52. The maximum absolute atomic E-state index is 12.8. The van der Waals surface area contributed by atoms with Gasteiger partial charge in [0.1, 0.15) is 5.54 Å². The first-order valence-electron chi connectivity index (χ1n) is 21.7. The quantitative estimate of drug-likeness (QED) is 0.146. The van der Waals surface area contributed by atoms with Gasteiger partial charge in [-0.1, -0.05) is 101 Å². The Labute approximate surface area is 413 Å². The second kappa shape index (κ2) is 18.5. The molecule has 10 nitrogen and oxygen atoms in total. The van der Waals surface area contributed by atoms with Crippen LogP contribution in [0.25, 0.3) is 44.1 Å². The van der Waals surface area contributed by atoms with E-state index in [9.17, 15) is 14.7 Å². The summed E-state index contributed by atoms with van der Waals surface area (Å²) in [7, 11) is 7.26. The lowest BCUT2D eigenvalue weighted by molar-refractivity contribution is 0.117. The molecule has 0 spiro atoms. The fraction of sp³-hybridized carbons (Fsp3) is 0.107. The van der Waals surface area contributed by atoms with Crippen molar-refractivity contribution in [2.75, 3.05) is 0 Å². The summed E-state index contributed by atoms with van der Waals surface area (Å²) < 4.78 is 6.94. The van der Waals surface area contributed by atoms with Gasteiger partial charge in [0, 0.05) is 71.7 Å². The van der Waals surface area contributed by atoms with Crippen molar-refractivity contribution in [3.8, 4) is 34.6 Å². The molecule has 0 bridgehead atoms. The molecule has 4 aromatic heterocycles. The van der Waals surface area contributed by atoms with E-state index in [0.717, 1.165) is 66.4 Å². The maximum Gasteiger partial charge on any atom is 0.251 e. The van der Waals surface area contributed by atoms with Gasteiger partial charge in [-0.3, -0.25) is 9.59 Å². The topological polar surface area (TPSA) is 126 Å². The van der Waals surface area contributed by atoms with Crippen molar-refractivity contribution in [2.45, 2.75) is 11.1 Å². The highest BCUT2D eigenvalue weighted by Crippen LogP contribution is 2.41. The van der Waals surface area contributed by atoms with Crippen LogP contribution in [0.4, 0.5) is 0 Å². The molecule has 0 aliphatic rings. The van der Waals surface area contributed by atoms with Crippen LogP contribution in [0.1, 0.15) is 39.2 Å². The van der Waals surface area contributed by atoms with Gasteiger partial charge in [-0.15, -0.1) is 6.42 Å². The summed E-state index contributed by atoms with van der Waals surface area (Å²) in [5.41, 5.74) is 14.4. The first-order valence-corrected chi connectivity index (χ1v) is 22.8. The molecule has 0 amide bonds. The van der Waals surface area contributed by atoms with Gasteiger partial charge in [0.05, 0.1) is 47.5 Å². The molecule has 0 aliphatic carbocycles. The van der Waals surface area contributed by atoms with Crippen LogP contribution >= 0.6 is 34.8 Å². The number of aliphatic hydroxyl groups is 1. The highest BCUT2D eigenvalue weighted by Gasteiger charge is 2.38. The van der Waals surface area contributed by atoms with Gasteiger partial charge < -0.3 is 29.1 Å². The van der Waals surface area contributed by atoms with Crippen LogP contribution in [-0.2, 0) is 39.3 Å². The third kappa shape index (κ3) is 8.46. The zero-order chi connectivity index (χ0) is 48.8. The van der Waals surface area contributed by atoms with Crippen LogP contribution in [0, 0.1) is 12.3 Å². The average Bonchev–Trinajstić information content (AvgIpc) is 4.01. The van der Waals surface area contributed by atoms with Crippen LogP contribution < -0.4 is 16.9 Å². The number of benzene rings is 6. The third-order valence-electron chi connectivity index (χ3n) is 12.8. The number of imidazole rings is 2. The van der Waals surface area contributed by atoms with Crippen molar-refractivity contribution in [1.29, 1.82) is 0 Å². The molecule has 0 saturated carbocycles. The zero-order valence-corrected chi connectivity index (χ0v) is 40.2. The maximum atomic E-state index is 12.8. The van der Waals surface area contributed by atoms with Crippen molar-refractivity contribution < 1.29 is 5.11 Å². The second-order valence-electron chi connectivity index (χ2n) is 16.9. The Hall–Kier alpha value is -7.49. The smallest absolute Gasteiger partial charge is 0.251 e. The minimum Gasteiger partial charge on any atom is -0.374 e. The van der Waals surface area contributed by atoms with Crippen molar-refractivity contribution in [1.82, 2.24) is 28.2 Å². The molecule has 0 saturated heterocycles. The lowest BCUT2D eigenvalue weighted by atomic mass is 9.80. The minimum absolute atomic E-state index is 0.0985. The van der Waals surface area contributed by atoms with E-state index in [2.05, 4.69) is 15.9 Å². The lowest BCUT2D eigenvalue weighted by Gasteiger charge is -2.31. The molecule has 0 radical (unpaired) electrons. The van der Waals surface area contributed by atoms with Crippen molar-refractivity contribution in [3.05, 3.63) is 246 Å². The Kier molecular flexibility index (Phi) is 12.5. The van der Waals surface area contributed by atoms with E-state index in [1.54, 1.807) is 89.2 Å². The molecule has 0 aliphatic heterocycles. The zero-order valence-electron chi connectivity index (χ0n) is 37.9. The summed E-state index contributed by atoms with van der Waals surface area (Å²) in [5.74, 6) is 2.65. The molecule has 0 unspecified atom stereocenters. The molecule has 0 fully saturated rings. The predicted molar refractivity (Wildman–Crippen MR) is 278 cm³/mol. The Bertz CT molecular complexity index is 3760. The van der Waals surface area contributed by atoms with Crippen LogP contribution in [0.15, 0.2) is 180 Å². The summed E-state index contributed by atoms with van der Waals surface area (Å²) >= 11 is 18.6. The summed E-state index contributed by atoms with van der Waals surface area (Å²) in [4.78, 5) is 34.1. The SMILES string of the molecule is C#Cc1cccc(-c2cc(=O)n(C)c3ccc([C@](O)(c4ccc(Cl)cc4)c4cncn4C)cc23)c1.Cn1cncc1[C@@](N)(c1ccc(Cl)cc1)c1ccc2c(c1)c(-c1cccc(Cl)c1)cc(=O)n2C. The molecule has 10 rings (SSSR count). The molecule has 13 heteroatoms.